The van der Waals surface area contributed by atoms with Crippen molar-refractivity contribution >= 4 is 94.0 Å². The fourth-order valence-corrected chi connectivity index (χ4v) is 23.7. The molecule has 15 aromatic carbocycles. The minimum absolute atomic E-state index is 0.318. The average molecular weight is 1590 g/mol. The highest BCUT2D eigenvalue weighted by Crippen LogP contribution is 2.51. The maximum absolute atomic E-state index is 13.6. The van der Waals surface area contributed by atoms with Crippen molar-refractivity contribution in [3.8, 4) is 9.79 Å². The van der Waals surface area contributed by atoms with E-state index in [1.54, 1.807) is 42.5 Å². The zero-order valence-corrected chi connectivity index (χ0v) is 62.1. The highest BCUT2D eigenvalue weighted by molar-refractivity contribution is 7.97. The van der Waals surface area contributed by atoms with E-state index in [1.807, 2.05) is 206 Å². The number of hydrogen-bond acceptors (Lipinski definition) is 0. The lowest BCUT2D eigenvalue weighted by Gasteiger charge is -2.10. The van der Waals surface area contributed by atoms with Crippen LogP contribution < -0.4 is 0 Å². The molecular formula is C92H61F14S5+5. The summed E-state index contributed by atoms with van der Waals surface area (Å²) in [4.78, 5) is 8.11. The predicted molar refractivity (Wildman–Crippen MR) is 425 cm³/mol. The Morgan fingerprint density at radius 1 is 0.180 bits per heavy atom. The van der Waals surface area contributed by atoms with Gasteiger partial charge in [-0.1, -0.05) is 152 Å². The van der Waals surface area contributed by atoms with Crippen LogP contribution in [0.3, 0.4) is 0 Å². The van der Waals surface area contributed by atoms with Gasteiger partial charge in [0.05, 0.1) is 43.8 Å². The quantitative estimate of drug-likeness (QED) is 0.0894. The number of alkyl halides is 6. The smallest absolute Gasteiger partial charge is 0.207 e. The van der Waals surface area contributed by atoms with Gasteiger partial charge in [-0.15, -0.1) is 0 Å². The van der Waals surface area contributed by atoms with Crippen molar-refractivity contribution in [2.75, 3.05) is 0 Å². The van der Waals surface area contributed by atoms with Crippen LogP contribution in [-0.4, -0.2) is 0 Å². The molecule has 2 aromatic heterocycles. The van der Waals surface area contributed by atoms with Crippen molar-refractivity contribution in [1.82, 2.24) is 0 Å². The summed E-state index contributed by atoms with van der Waals surface area (Å²) in [7, 11) is -3.02. The Kier molecular flexibility index (Phi) is 24.7. The summed E-state index contributed by atoms with van der Waals surface area (Å²) in [6, 6.07) is 105. The zero-order valence-electron chi connectivity index (χ0n) is 58.1. The van der Waals surface area contributed by atoms with Crippen LogP contribution in [0.15, 0.2) is 414 Å². The Hall–Kier alpha value is -11.2. The molecule has 0 saturated carbocycles. The molecule has 0 N–H and O–H groups in total. The van der Waals surface area contributed by atoms with E-state index in [-0.39, 0.29) is 0 Å². The van der Waals surface area contributed by atoms with E-state index >= 15 is 0 Å². The van der Waals surface area contributed by atoms with Crippen LogP contribution >= 0.6 is 20.9 Å². The lowest BCUT2D eigenvalue weighted by molar-refractivity contribution is -0.138. The first-order valence-electron chi connectivity index (χ1n) is 34.1. The summed E-state index contributed by atoms with van der Waals surface area (Å²) >= 11 is 0. The van der Waals surface area contributed by atoms with Crippen LogP contribution in [-0.2, 0) is 45.0 Å². The van der Waals surface area contributed by atoms with Gasteiger partial charge in [-0.25, -0.2) is 35.1 Å². The molecule has 0 radical (unpaired) electrons. The van der Waals surface area contributed by atoms with Crippen molar-refractivity contribution < 1.29 is 61.5 Å². The third kappa shape index (κ3) is 19.0. The summed E-state index contributed by atoms with van der Waals surface area (Å²) in [5.41, 5.74) is -1.20. The van der Waals surface area contributed by atoms with Crippen LogP contribution in [0.2, 0.25) is 0 Å². The summed E-state index contributed by atoms with van der Waals surface area (Å²) < 4.78 is 191. The molecule has 0 spiro atoms. The second-order valence-electron chi connectivity index (χ2n) is 24.6. The van der Waals surface area contributed by atoms with E-state index in [9.17, 15) is 61.5 Å². The molecule has 19 heteroatoms. The van der Waals surface area contributed by atoms with Gasteiger partial charge in [-0.3, -0.25) is 0 Å². The van der Waals surface area contributed by atoms with E-state index in [1.165, 1.54) is 72.8 Å². The van der Waals surface area contributed by atoms with Crippen LogP contribution in [0.4, 0.5) is 61.5 Å². The molecule has 17 rings (SSSR count). The molecule has 0 aliphatic rings. The minimum Gasteiger partial charge on any atom is -0.207 e. The Bertz CT molecular complexity index is 5700. The molecule has 111 heavy (non-hydrogen) atoms. The van der Waals surface area contributed by atoms with E-state index in [2.05, 4.69) is 12.1 Å². The molecule has 0 unspecified atom stereocenters. The minimum atomic E-state index is -4.33. The van der Waals surface area contributed by atoms with Crippen molar-refractivity contribution in [3.05, 3.63) is 428 Å². The summed E-state index contributed by atoms with van der Waals surface area (Å²) in [6.45, 7) is 0. The van der Waals surface area contributed by atoms with Crippen LogP contribution in [0, 0.1) is 46.5 Å². The van der Waals surface area contributed by atoms with Crippen LogP contribution in [0.5, 0.6) is 0 Å². The largest absolute Gasteiger partial charge is 0.416 e. The normalized spacial score (nSPS) is 11.4. The van der Waals surface area contributed by atoms with Crippen LogP contribution in [0.1, 0.15) is 11.1 Å². The molecule has 0 aliphatic heterocycles. The Labute approximate surface area is 644 Å². The number of thiophene rings is 2. The van der Waals surface area contributed by atoms with E-state index in [4.69, 9.17) is 0 Å². The topological polar surface area (TPSA) is 0 Å². The Morgan fingerprint density at radius 2 is 0.405 bits per heavy atom. The Balaban J connectivity index is 0.000000122. The van der Waals surface area contributed by atoms with Gasteiger partial charge in [0.2, 0.25) is 0 Å². The molecule has 17 aromatic rings. The highest BCUT2D eigenvalue weighted by atomic mass is 32.2. The first kappa shape index (κ1) is 77.9. The van der Waals surface area contributed by atoms with Gasteiger partial charge in [0.1, 0.15) is 46.5 Å². The number of rotatable bonds is 11. The summed E-state index contributed by atoms with van der Waals surface area (Å²) in [5.74, 6) is -5.08. The highest BCUT2D eigenvalue weighted by Gasteiger charge is 2.37. The molecule has 0 bridgehead atoms. The molecule has 2 heterocycles. The van der Waals surface area contributed by atoms with Crippen molar-refractivity contribution in [3.63, 3.8) is 0 Å². The van der Waals surface area contributed by atoms with Gasteiger partial charge in [-0.2, -0.15) is 26.3 Å². The number of halogens is 14. The number of hydrogen-bond donors (Lipinski definition) is 0. The van der Waals surface area contributed by atoms with Crippen molar-refractivity contribution in [1.29, 1.82) is 0 Å². The van der Waals surface area contributed by atoms with Gasteiger partial charge in [-0.05, 0) is 133 Å². The van der Waals surface area contributed by atoms with E-state index < -0.39 is 124 Å². The van der Waals surface area contributed by atoms with Gasteiger partial charge in [0.15, 0.2) is 72.6 Å². The lowest BCUT2D eigenvalue weighted by atomic mass is 10.2. The summed E-state index contributed by atoms with van der Waals surface area (Å²) in [5, 5.41) is 4.54. The lowest BCUT2D eigenvalue weighted by Crippen LogP contribution is -2.09. The maximum Gasteiger partial charge on any atom is 0.416 e. The molecule has 0 amide bonds. The number of benzene rings is 15. The monoisotopic (exact) mass is 1590 g/mol. The zero-order chi connectivity index (χ0) is 77.8. The second kappa shape index (κ2) is 35.2. The van der Waals surface area contributed by atoms with Crippen molar-refractivity contribution in [2.24, 2.45) is 0 Å². The third-order valence-electron chi connectivity index (χ3n) is 17.0. The molecule has 0 fully saturated rings. The molecule has 0 atom stereocenters. The van der Waals surface area contributed by atoms with Gasteiger partial charge in [0, 0.05) is 127 Å². The molecular weight excluding hydrogens is 1530 g/mol. The van der Waals surface area contributed by atoms with Crippen LogP contribution in [0.25, 0.3) is 50.1 Å². The standard InChI is InChI=1S/C19H12F3S.C19H14F3S.C18H11F4S.C18H11F2S.C18H13F2S/c20-19(21,22)13-6-5-7-14(12-13)23-17-10-3-1-8-15(17)16-9-2-4-11-18(16)23;20-19(21,22)15-8-7-13-18(14-15)23(16-9-3-1-4-10-16)17-11-5-2-6-12-17;19-12-6-13(20)9-17(8-12)23(16-4-2-1-3-5-16)18-10-14(21)7-15(22)11-18;19-12-9-13(20)11-14(10-12)21-17-7-3-1-5-15(17)16-6-2-4-8-18(16)21;19-14-11-15(20)13-18(12-14)21(16-7-3-1-4-8-16)17-9-5-2-6-10-17/h1-12H;1-14H;1-11H;1-11H;1-13H/q5*+1. The van der Waals surface area contributed by atoms with Crippen molar-refractivity contribution in [2.45, 2.75) is 56.4 Å². The first-order valence-corrected chi connectivity index (χ1v) is 40.3. The van der Waals surface area contributed by atoms with Gasteiger partial charge in [0.25, 0.3) is 0 Å². The number of fused-ring (bicyclic) bond motifs is 6. The molecule has 552 valence electrons. The molecule has 0 saturated heterocycles. The third-order valence-corrected chi connectivity index (χ3v) is 28.2. The van der Waals surface area contributed by atoms with E-state index in [0.29, 0.717) is 34.3 Å². The fourth-order valence-electron chi connectivity index (χ4n) is 12.4. The SMILES string of the molecule is FC(F)(F)c1cccc(-[s+]2c3ccccc3c3ccccc32)c1.FC(F)(F)c1cccc([S+](c2ccccc2)c2ccccc2)c1.Fc1cc(F)cc(-[s+]2c3ccccc3c3ccccc32)c1.Fc1cc(F)cc([S+](c2ccccc2)c2cc(F)cc(F)c2)c1.Fc1cc(F)cc([S+](c2ccccc2)c2ccccc2)c1. The second-order valence-corrected chi connectivity index (χ2v) is 34.6. The molecule has 0 nitrogen and oxygen atoms in total. The van der Waals surface area contributed by atoms with Gasteiger partial charge < -0.3 is 0 Å². The molecule has 0 aliphatic carbocycles. The van der Waals surface area contributed by atoms with Gasteiger partial charge >= 0.3 is 12.4 Å². The predicted octanol–water partition coefficient (Wildman–Crippen LogP) is 29.0. The fraction of sp³-hybridized carbons (Fsp3) is 0.0217. The van der Waals surface area contributed by atoms with E-state index in [0.717, 1.165) is 96.3 Å². The average Bonchev–Trinajstić information content (AvgIpc) is 1.61. The maximum atomic E-state index is 13.6. The Morgan fingerprint density at radius 3 is 0.703 bits per heavy atom. The summed E-state index contributed by atoms with van der Waals surface area (Å²) in [6.07, 6.45) is -8.66. The first-order chi connectivity index (χ1) is 53.6.